The molecule has 0 unspecified atom stereocenters. The Hall–Kier alpha value is -2.54. The van der Waals surface area contributed by atoms with Gasteiger partial charge >= 0.3 is 0 Å². The van der Waals surface area contributed by atoms with Gasteiger partial charge in [-0.2, -0.15) is 0 Å². The van der Waals surface area contributed by atoms with Crippen molar-refractivity contribution in [2.24, 2.45) is 0 Å². The van der Waals surface area contributed by atoms with Crippen molar-refractivity contribution < 1.29 is 18.3 Å². The van der Waals surface area contributed by atoms with Crippen LogP contribution in [-0.4, -0.2) is 25.7 Å². The summed E-state index contributed by atoms with van der Waals surface area (Å²) in [4.78, 5) is 12.4. The highest BCUT2D eigenvalue weighted by Crippen LogP contribution is 2.27. The van der Waals surface area contributed by atoms with Gasteiger partial charge in [-0.05, 0) is 55.7 Å². The lowest BCUT2D eigenvalue weighted by Crippen LogP contribution is -2.14. The summed E-state index contributed by atoms with van der Waals surface area (Å²) >= 11 is 0. The van der Waals surface area contributed by atoms with Crippen LogP contribution in [0.3, 0.4) is 0 Å². The lowest BCUT2D eigenvalue weighted by molar-refractivity contribution is 0.102. The Balaban J connectivity index is 2.30. The Labute approximate surface area is 141 Å². The molecule has 0 aromatic heterocycles. The van der Waals surface area contributed by atoms with Crippen molar-refractivity contribution in [3.05, 3.63) is 52.6 Å². The fourth-order valence-corrected chi connectivity index (χ4v) is 2.81. The van der Waals surface area contributed by atoms with Crippen molar-refractivity contribution in [2.45, 2.75) is 20.8 Å². The first-order valence-corrected chi connectivity index (χ1v) is 9.16. The van der Waals surface area contributed by atoms with Crippen molar-refractivity contribution in [3.8, 4) is 5.75 Å². The summed E-state index contributed by atoms with van der Waals surface area (Å²) in [6.07, 6.45) is 1.06. The minimum Gasteiger partial charge on any atom is -0.507 e. The monoisotopic (exact) mass is 348 g/mol. The summed E-state index contributed by atoms with van der Waals surface area (Å²) in [5, 5.41) is 12.8. The molecule has 0 fully saturated rings. The number of carbonyl (C=O) groups excluding carboxylic acids is 1. The summed E-state index contributed by atoms with van der Waals surface area (Å²) in [5.74, 6) is -0.529. The Morgan fingerprint density at radius 2 is 1.67 bits per heavy atom. The van der Waals surface area contributed by atoms with E-state index in [9.17, 15) is 18.3 Å². The molecule has 6 nitrogen and oxygen atoms in total. The zero-order chi connectivity index (χ0) is 18.1. The highest BCUT2D eigenvalue weighted by atomic mass is 32.2. The Morgan fingerprint density at radius 3 is 2.29 bits per heavy atom. The highest BCUT2D eigenvalue weighted by molar-refractivity contribution is 7.92. The van der Waals surface area contributed by atoms with Crippen molar-refractivity contribution in [2.75, 3.05) is 16.3 Å². The van der Waals surface area contributed by atoms with E-state index < -0.39 is 15.9 Å². The summed E-state index contributed by atoms with van der Waals surface area (Å²) in [7, 11) is -3.42. The highest BCUT2D eigenvalue weighted by Gasteiger charge is 2.15. The number of anilines is 2. The zero-order valence-corrected chi connectivity index (χ0v) is 14.8. The number of sulfonamides is 1. The molecule has 0 aliphatic heterocycles. The van der Waals surface area contributed by atoms with Crippen molar-refractivity contribution in [1.29, 1.82) is 0 Å². The Morgan fingerprint density at radius 1 is 1.04 bits per heavy atom. The molecule has 0 saturated heterocycles. The number of amides is 1. The average Bonchev–Trinajstić information content (AvgIpc) is 2.47. The second kappa shape index (κ2) is 6.52. The molecule has 24 heavy (non-hydrogen) atoms. The van der Waals surface area contributed by atoms with E-state index in [1.54, 1.807) is 38.1 Å². The van der Waals surface area contributed by atoms with Crippen LogP contribution in [0.4, 0.5) is 11.4 Å². The molecule has 7 heteroatoms. The van der Waals surface area contributed by atoms with Crippen molar-refractivity contribution in [1.82, 2.24) is 0 Å². The van der Waals surface area contributed by atoms with E-state index in [-0.39, 0.29) is 11.3 Å². The number of hydrogen-bond acceptors (Lipinski definition) is 4. The van der Waals surface area contributed by atoms with E-state index in [1.165, 1.54) is 6.07 Å². The van der Waals surface area contributed by atoms with Gasteiger partial charge in [-0.3, -0.25) is 9.52 Å². The lowest BCUT2D eigenvalue weighted by Gasteiger charge is -2.13. The molecule has 0 heterocycles. The number of rotatable bonds is 4. The second-order valence-corrected chi connectivity index (χ2v) is 7.51. The van der Waals surface area contributed by atoms with Crippen LogP contribution in [0.15, 0.2) is 30.3 Å². The molecule has 1 amide bonds. The molecule has 2 aromatic carbocycles. The van der Waals surface area contributed by atoms with E-state index >= 15 is 0 Å². The molecule has 3 N–H and O–H groups in total. The molecule has 0 bridgehead atoms. The van der Waals surface area contributed by atoms with Gasteiger partial charge in [0.1, 0.15) is 5.75 Å². The molecule has 0 aliphatic carbocycles. The third-order valence-corrected chi connectivity index (χ3v) is 4.33. The van der Waals surface area contributed by atoms with Crippen LogP contribution in [-0.2, 0) is 10.0 Å². The van der Waals surface area contributed by atoms with E-state index in [0.29, 0.717) is 16.9 Å². The average molecular weight is 348 g/mol. The molecule has 0 saturated carbocycles. The zero-order valence-electron chi connectivity index (χ0n) is 14.0. The summed E-state index contributed by atoms with van der Waals surface area (Å²) < 4.78 is 25.2. The molecule has 2 rings (SSSR count). The van der Waals surface area contributed by atoms with E-state index in [4.69, 9.17) is 0 Å². The van der Waals surface area contributed by atoms with Gasteiger partial charge in [0, 0.05) is 5.69 Å². The lowest BCUT2D eigenvalue weighted by atomic mass is 10.0. The van der Waals surface area contributed by atoms with Crippen LogP contribution in [0, 0.1) is 20.8 Å². The van der Waals surface area contributed by atoms with Gasteiger partial charge in [0.2, 0.25) is 10.0 Å². The van der Waals surface area contributed by atoms with Gasteiger partial charge in [-0.1, -0.05) is 12.1 Å². The summed E-state index contributed by atoms with van der Waals surface area (Å²) in [5.41, 5.74) is 3.24. The molecule has 0 radical (unpaired) electrons. The second-order valence-electron chi connectivity index (χ2n) is 5.76. The molecule has 128 valence electrons. The van der Waals surface area contributed by atoms with E-state index in [1.807, 2.05) is 6.92 Å². The quantitative estimate of drug-likeness (QED) is 0.791. The van der Waals surface area contributed by atoms with Gasteiger partial charge in [-0.25, -0.2) is 8.42 Å². The van der Waals surface area contributed by atoms with Crippen LogP contribution < -0.4 is 10.0 Å². The number of carbonyl (C=O) groups is 1. The third-order valence-electron chi connectivity index (χ3n) is 3.74. The van der Waals surface area contributed by atoms with Crippen molar-refractivity contribution >= 4 is 27.3 Å². The van der Waals surface area contributed by atoms with Crippen LogP contribution in [0.2, 0.25) is 0 Å². The Bertz CT molecular complexity index is 905. The van der Waals surface area contributed by atoms with Gasteiger partial charge in [0.15, 0.2) is 0 Å². The first-order valence-electron chi connectivity index (χ1n) is 7.27. The molecular formula is C17H20N2O4S. The smallest absolute Gasteiger partial charge is 0.259 e. The molecule has 0 atom stereocenters. The van der Waals surface area contributed by atoms with Gasteiger partial charge < -0.3 is 10.4 Å². The minimum absolute atomic E-state index is 0.0610. The predicted octanol–water partition coefficient (Wildman–Crippen LogP) is 2.94. The number of phenolic OH excluding ortho intramolecular Hbond substituents is 1. The first kappa shape index (κ1) is 17.8. The maximum atomic E-state index is 12.4. The number of benzene rings is 2. The molecule has 0 spiro atoms. The predicted molar refractivity (Wildman–Crippen MR) is 95.2 cm³/mol. The number of nitrogens with one attached hydrogen (secondary N) is 2. The maximum absolute atomic E-state index is 12.4. The fraction of sp³-hybridized carbons (Fsp3) is 0.235. The maximum Gasteiger partial charge on any atom is 0.259 e. The largest absolute Gasteiger partial charge is 0.507 e. The first-order chi connectivity index (χ1) is 11.1. The van der Waals surface area contributed by atoms with Crippen molar-refractivity contribution in [3.63, 3.8) is 0 Å². The van der Waals surface area contributed by atoms with E-state index in [2.05, 4.69) is 10.0 Å². The molecule has 2 aromatic rings. The van der Waals surface area contributed by atoms with Gasteiger partial charge in [0.25, 0.3) is 5.91 Å². The SMILES string of the molecule is Cc1ccc(NC(=O)c2ccc(C)c(C)c2O)cc1NS(C)(=O)=O. The topological polar surface area (TPSA) is 95.5 Å². The third kappa shape index (κ3) is 4.05. The number of aromatic hydroxyl groups is 1. The number of aryl methyl sites for hydroxylation is 2. The molecular weight excluding hydrogens is 328 g/mol. The number of phenols is 1. The summed E-state index contributed by atoms with van der Waals surface area (Å²) in [6, 6.07) is 8.21. The van der Waals surface area contributed by atoms with Crippen LogP contribution in [0.25, 0.3) is 0 Å². The van der Waals surface area contributed by atoms with Gasteiger partial charge in [-0.15, -0.1) is 0 Å². The van der Waals surface area contributed by atoms with Crippen LogP contribution in [0.1, 0.15) is 27.0 Å². The van der Waals surface area contributed by atoms with Gasteiger partial charge in [0.05, 0.1) is 17.5 Å². The Kier molecular flexibility index (Phi) is 4.84. The van der Waals surface area contributed by atoms with Crippen LogP contribution in [0.5, 0.6) is 5.75 Å². The standard InChI is InChI=1S/C17H20N2O4S/c1-10-6-8-14(16(20)12(10)3)17(21)18-13-7-5-11(2)15(9-13)19-24(4,22)23/h5-9,19-20H,1-4H3,(H,18,21). The minimum atomic E-state index is -3.42. The number of hydrogen-bond donors (Lipinski definition) is 3. The molecule has 0 aliphatic rings. The fourth-order valence-electron chi connectivity index (χ4n) is 2.19. The summed E-state index contributed by atoms with van der Waals surface area (Å²) in [6.45, 7) is 5.34. The van der Waals surface area contributed by atoms with E-state index in [0.717, 1.165) is 17.4 Å². The van der Waals surface area contributed by atoms with Crippen LogP contribution >= 0.6 is 0 Å². The normalized spacial score (nSPS) is 11.2.